The highest BCUT2D eigenvalue weighted by Crippen LogP contribution is 2.45. The highest BCUT2D eigenvalue weighted by atomic mass is 31.2. The second-order valence-corrected chi connectivity index (χ2v) is 29.6. The zero-order chi connectivity index (χ0) is 73.2. The fourth-order valence-corrected chi connectivity index (χ4v) is 12.3. The van der Waals surface area contributed by atoms with Crippen LogP contribution in [0.4, 0.5) is 0 Å². The number of phosphoric ester groups is 2. The Kier molecular flexibility index (Phi) is 70.8. The first-order chi connectivity index (χ1) is 48.7. The van der Waals surface area contributed by atoms with Crippen LogP contribution in [0.15, 0.2) is 85.1 Å². The van der Waals surface area contributed by atoms with Crippen molar-refractivity contribution in [2.45, 2.75) is 367 Å². The van der Waals surface area contributed by atoms with Crippen LogP contribution in [0.25, 0.3) is 0 Å². The van der Waals surface area contributed by atoms with E-state index in [0.29, 0.717) is 25.7 Å². The van der Waals surface area contributed by atoms with E-state index in [1.165, 1.54) is 103 Å². The van der Waals surface area contributed by atoms with Gasteiger partial charge in [-0.1, -0.05) is 267 Å². The lowest BCUT2D eigenvalue weighted by molar-refractivity contribution is -0.161. The average Bonchev–Trinajstić information content (AvgIpc) is 1.25. The van der Waals surface area contributed by atoms with Crippen molar-refractivity contribution in [3.63, 3.8) is 0 Å². The number of rotatable bonds is 75. The number of phosphoric acid groups is 2. The molecule has 0 aromatic rings. The summed E-state index contributed by atoms with van der Waals surface area (Å²) in [7, 11) is -9.96. The van der Waals surface area contributed by atoms with E-state index in [1.807, 2.05) is 0 Å². The molecule has 2 unspecified atom stereocenters. The molecular formula is C81H144O17P2. The summed E-state index contributed by atoms with van der Waals surface area (Å²) in [5, 5.41) is 10.6. The third-order valence-corrected chi connectivity index (χ3v) is 18.7. The van der Waals surface area contributed by atoms with Gasteiger partial charge in [0.25, 0.3) is 0 Å². The Labute approximate surface area is 608 Å². The van der Waals surface area contributed by atoms with Gasteiger partial charge in [-0.2, -0.15) is 0 Å². The number of unbranched alkanes of at least 4 members (excludes halogenated alkanes) is 36. The summed E-state index contributed by atoms with van der Waals surface area (Å²) in [6.45, 7) is 4.78. The van der Waals surface area contributed by atoms with Crippen molar-refractivity contribution in [1.82, 2.24) is 0 Å². The number of carbonyl (C=O) groups is 4. The second-order valence-electron chi connectivity index (χ2n) is 26.7. The molecule has 0 saturated carbocycles. The van der Waals surface area contributed by atoms with E-state index < -0.39 is 97.5 Å². The molecule has 0 spiro atoms. The van der Waals surface area contributed by atoms with Gasteiger partial charge in [0, 0.05) is 25.7 Å². The molecule has 3 N–H and O–H groups in total. The minimum atomic E-state index is -4.98. The summed E-state index contributed by atoms with van der Waals surface area (Å²) in [5.41, 5.74) is 0. The van der Waals surface area contributed by atoms with Crippen molar-refractivity contribution < 1.29 is 80.2 Å². The van der Waals surface area contributed by atoms with Gasteiger partial charge in [0.05, 0.1) is 26.4 Å². The van der Waals surface area contributed by atoms with Crippen LogP contribution in [0.5, 0.6) is 0 Å². The van der Waals surface area contributed by atoms with E-state index in [-0.39, 0.29) is 25.7 Å². The van der Waals surface area contributed by atoms with Crippen molar-refractivity contribution in [1.29, 1.82) is 0 Å². The minimum absolute atomic E-state index is 0.0764. The maximum Gasteiger partial charge on any atom is 0.472 e. The zero-order valence-electron chi connectivity index (χ0n) is 63.4. The number of ether oxygens (including phenoxy) is 4. The molecule has 17 nitrogen and oxygen atoms in total. The Morgan fingerprint density at radius 3 is 0.840 bits per heavy atom. The summed E-state index contributed by atoms with van der Waals surface area (Å²) in [4.78, 5) is 73.0. The van der Waals surface area contributed by atoms with Crippen LogP contribution in [0.2, 0.25) is 0 Å². The molecule has 0 aromatic heterocycles. The van der Waals surface area contributed by atoms with E-state index in [4.69, 9.17) is 37.0 Å². The molecular weight excluding hydrogens is 1310 g/mol. The van der Waals surface area contributed by atoms with Gasteiger partial charge in [-0.25, -0.2) is 9.13 Å². The van der Waals surface area contributed by atoms with Gasteiger partial charge in [0.2, 0.25) is 0 Å². The largest absolute Gasteiger partial charge is 0.472 e. The topological polar surface area (TPSA) is 237 Å². The molecule has 0 radical (unpaired) electrons. The summed E-state index contributed by atoms with van der Waals surface area (Å²) >= 11 is 0. The molecule has 0 bridgehead atoms. The number of hydrogen-bond donors (Lipinski definition) is 3. The fraction of sp³-hybridized carbons (Fsp3) is 0.778. The molecule has 5 atom stereocenters. The molecule has 0 aliphatic heterocycles. The first-order valence-electron chi connectivity index (χ1n) is 39.8. The first-order valence-corrected chi connectivity index (χ1v) is 42.8. The van der Waals surface area contributed by atoms with Crippen LogP contribution >= 0.6 is 15.6 Å². The lowest BCUT2D eigenvalue weighted by Gasteiger charge is -2.21. The highest BCUT2D eigenvalue weighted by Gasteiger charge is 2.30. The molecule has 19 heteroatoms. The van der Waals surface area contributed by atoms with E-state index in [0.717, 1.165) is 167 Å². The Bertz CT molecular complexity index is 2230. The Morgan fingerprint density at radius 1 is 0.290 bits per heavy atom. The van der Waals surface area contributed by atoms with Crippen LogP contribution in [-0.4, -0.2) is 96.7 Å². The normalized spacial score (nSPS) is 14.3. The summed E-state index contributed by atoms with van der Waals surface area (Å²) < 4.78 is 68.6. The molecule has 0 saturated heterocycles. The predicted octanol–water partition coefficient (Wildman–Crippen LogP) is 23.0. The SMILES string of the molecule is CCCCC/C=C\C/C=C\CCCCCCCC(=O)O[C@H](COC(=O)CCCCCCC/C=C\C=C/CCCCCC)COP(=O)(O)OC[C@@H](O)COP(=O)(O)OC[C@@H](COC(=O)CCCCCCC/C=C\CCCCCCCC)OC(=O)CCCCCCC/C=C\C/C=C\CCCCC. The van der Waals surface area contributed by atoms with Crippen LogP contribution in [0, 0.1) is 0 Å². The van der Waals surface area contributed by atoms with E-state index in [2.05, 4.69) is 113 Å². The van der Waals surface area contributed by atoms with Crippen molar-refractivity contribution in [3.8, 4) is 0 Å². The molecule has 0 heterocycles. The fourth-order valence-electron chi connectivity index (χ4n) is 10.7. The molecule has 0 aliphatic carbocycles. The van der Waals surface area contributed by atoms with Gasteiger partial charge in [-0.15, -0.1) is 0 Å². The van der Waals surface area contributed by atoms with Gasteiger partial charge in [0.15, 0.2) is 12.2 Å². The molecule has 0 fully saturated rings. The van der Waals surface area contributed by atoms with Crippen LogP contribution in [-0.2, 0) is 65.4 Å². The maximum absolute atomic E-state index is 13.1. The van der Waals surface area contributed by atoms with Gasteiger partial charge < -0.3 is 33.8 Å². The van der Waals surface area contributed by atoms with E-state index >= 15 is 0 Å². The summed E-state index contributed by atoms with van der Waals surface area (Å²) in [5.74, 6) is -2.21. The monoisotopic (exact) mass is 1450 g/mol. The Balaban J connectivity index is 5.38. The molecule has 0 amide bonds. The van der Waals surface area contributed by atoms with Crippen molar-refractivity contribution in [2.75, 3.05) is 39.6 Å². The van der Waals surface area contributed by atoms with Gasteiger partial charge in [-0.3, -0.25) is 37.3 Å². The van der Waals surface area contributed by atoms with Crippen LogP contribution in [0.3, 0.4) is 0 Å². The van der Waals surface area contributed by atoms with Crippen LogP contribution < -0.4 is 0 Å². The lowest BCUT2D eigenvalue weighted by atomic mass is 10.1. The minimum Gasteiger partial charge on any atom is -0.462 e. The smallest absolute Gasteiger partial charge is 0.462 e. The second kappa shape index (κ2) is 73.5. The average molecular weight is 1450 g/mol. The van der Waals surface area contributed by atoms with E-state index in [1.54, 1.807) is 0 Å². The Morgan fingerprint density at radius 2 is 0.520 bits per heavy atom. The Hall–Kier alpha value is -3.76. The molecule has 0 aliphatic rings. The molecule has 580 valence electrons. The van der Waals surface area contributed by atoms with E-state index in [9.17, 15) is 43.2 Å². The predicted molar refractivity (Wildman–Crippen MR) is 409 cm³/mol. The molecule has 0 aromatic carbocycles. The van der Waals surface area contributed by atoms with Gasteiger partial charge in [0.1, 0.15) is 19.3 Å². The third-order valence-electron chi connectivity index (χ3n) is 16.8. The summed E-state index contributed by atoms with van der Waals surface area (Å²) in [6, 6.07) is 0. The number of aliphatic hydroxyl groups excluding tert-OH is 1. The zero-order valence-corrected chi connectivity index (χ0v) is 65.2. The third kappa shape index (κ3) is 72.6. The lowest BCUT2D eigenvalue weighted by Crippen LogP contribution is -2.30. The highest BCUT2D eigenvalue weighted by molar-refractivity contribution is 7.47. The summed E-state index contributed by atoms with van der Waals surface area (Å²) in [6.07, 6.45) is 75.5. The van der Waals surface area contributed by atoms with Crippen LogP contribution in [0.1, 0.15) is 349 Å². The number of carbonyl (C=O) groups excluding carboxylic acids is 4. The number of allylic oxidation sites excluding steroid dienone is 14. The number of esters is 4. The standard InChI is InChI=1S/C81H144O17P2/c1-5-9-13-17-21-25-29-33-37-41-45-49-53-57-61-65-78(83)91-71-76(97-80(85)67-63-59-55-51-47-43-39-35-31-27-23-19-15-11-7-3)73-95-99(87,88)93-69-75(82)70-94-100(89,90)96-74-77(98-81(86)68-64-60-56-52-48-44-40-36-32-28-24-20-16-12-8-4)72-92-79(84)66-62-58-54-50-46-42-38-34-30-26-22-18-14-10-6-2/h23-25,27-29,33-40,75-77,82H,5-22,26,30-32,41-74H2,1-4H3,(H,87,88)(H,89,90)/b27-23-,28-24-,29-25-,37-33-,38-34-,39-35-,40-36-/t75-,76-,77-/m1/s1. The van der Waals surface area contributed by atoms with Crippen molar-refractivity contribution >= 4 is 39.5 Å². The van der Waals surface area contributed by atoms with Gasteiger partial charge >= 0.3 is 39.5 Å². The maximum atomic E-state index is 13.1. The number of aliphatic hydroxyl groups is 1. The van der Waals surface area contributed by atoms with Crippen molar-refractivity contribution in [2.24, 2.45) is 0 Å². The molecule has 100 heavy (non-hydrogen) atoms. The quantitative estimate of drug-likeness (QED) is 0.0128. The van der Waals surface area contributed by atoms with Gasteiger partial charge in [-0.05, 0) is 141 Å². The first kappa shape index (κ1) is 96.2. The number of hydrogen-bond acceptors (Lipinski definition) is 15. The molecule has 0 rings (SSSR count). The van der Waals surface area contributed by atoms with Crippen molar-refractivity contribution in [3.05, 3.63) is 85.1 Å².